The average Bonchev–Trinajstić information content (AvgIpc) is 2.64. The van der Waals surface area contributed by atoms with Crippen LogP contribution < -0.4 is 0 Å². The highest BCUT2D eigenvalue weighted by molar-refractivity contribution is 5.77. The van der Waals surface area contributed by atoms with Crippen molar-refractivity contribution < 1.29 is 14.3 Å². The van der Waals surface area contributed by atoms with Gasteiger partial charge in [-0.3, -0.25) is 9.59 Å². The quantitative estimate of drug-likeness (QED) is 0.342. The lowest BCUT2D eigenvalue weighted by Crippen LogP contribution is -2.40. The van der Waals surface area contributed by atoms with Crippen LogP contribution in [0.15, 0.2) is 0 Å². The van der Waals surface area contributed by atoms with Gasteiger partial charge >= 0.3 is 5.97 Å². The fraction of sp³-hybridized carbons (Fsp3) is 0.905. The number of carbonyl (C=O) groups is 2. The number of rotatable bonds is 13. The molecule has 0 saturated carbocycles. The summed E-state index contributed by atoms with van der Waals surface area (Å²) in [7, 11) is 0. The van der Waals surface area contributed by atoms with Gasteiger partial charge in [-0.2, -0.15) is 0 Å². The molecule has 0 aliphatic carbocycles. The number of nitrogens with zero attached hydrogens (tertiary/aromatic N) is 1. The number of likely N-dealkylation sites (tertiary alicyclic amines) is 1. The van der Waals surface area contributed by atoms with Crippen molar-refractivity contribution in [3.8, 4) is 0 Å². The van der Waals surface area contributed by atoms with Crippen molar-refractivity contribution in [2.45, 2.75) is 97.3 Å². The minimum Gasteiger partial charge on any atom is -0.465 e. The predicted molar refractivity (Wildman–Crippen MR) is 102 cm³/mol. The van der Waals surface area contributed by atoms with Gasteiger partial charge in [0.1, 0.15) is 0 Å². The Morgan fingerprint density at radius 2 is 1.40 bits per heavy atom. The second kappa shape index (κ2) is 14.1. The number of unbranched alkanes of at least 4 members (excludes halogenated alkanes) is 8. The zero-order valence-electron chi connectivity index (χ0n) is 16.6. The lowest BCUT2D eigenvalue weighted by atomic mass is 9.96. The van der Waals surface area contributed by atoms with Gasteiger partial charge in [0.25, 0.3) is 0 Å². The van der Waals surface area contributed by atoms with Crippen molar-refractivity contribution in [1.82, 2.24) is 4.90 Å². The largest absolute Gasteiger partial charge is 0.465 e. The van der Waals surface area contributed by atoms with E-state index < -0.39 is 0 Å². The van der Waals surface area contributed by atoms with Gasteiger partial charge < -0.3 is 9.64 Å². The molecular weight excluding hydrogens is 314 g/mol. The minimum absolute atomic E-state index is 0.00996. The van der Waals surface area contributed by atoms with Crippen LogP contribution in [0.2, 0.25) is 0 Å². The first kappa shape index (κ1) is 22.0. The summed E-state index contributed by atoms with van der Waals surface area (Å²) in [6.45, 7) is 6.38. The van der Waals surface area contributed by atoms with E-state index in [0.29, 0.717) is 26.1 Å². The third-order valence-electron chi connectivity index (χ3n) is 5.17. The minimum atomic E-state index is -0.0536. The molecule has 0 aromatic rings. The molecule has 0 unspecified atom stereocenters. The van der Waals surface area contributed by atoms with Crippen LogP contribution in [0.1, 0.15) is 97.3 Å². The van der Waals surface area contributed by atoms with E-state index in [2.05, 4.69) is 13.8 Å². The van der Waals surface area contributed by atoms with Gasteiger partial charge in [-0.15, -0.1) is 0 Å². The van der Waals surface area contributed by atoms with Crippen LogP contribution in [0.25, 0.3) is 0 Å². The summed E-state index contributed by atoms with van der Waals surface area (Å²) in [5.41, 5.74) is 0. The summed E-state index contributed by atoms with van der Waals surface area (Å²) in [5.74, 6) is 0.200. The Labute approximate surface area is 154 Å². The number of carbonyl (C=O) groups excluding carboxylic acids is 2. The molecule has 1 aliphatic heterocycles. The predicted octanol–water partition coefficient (Wildman–Crippen LogP) is 5.10. The molecule has 0 spiro atoms. The van der Waals surface area contributed by atoms with E-state index in [4.69, 9.17) is 4.74 Å². The third kappa shape index (κ3) is 9.86. The molecule has 0 aromatic heterocycles. The summed E-state index contributed by atoms with van der Waals surface area (Å²) in [6.07, 6.45) is 13.9. The second-order valence-corrected chi connectivity index (χ2v) is 7.40. The van der Waals surface area contributed by atoms with Crippen molar-refractivity contribution >= 4 is 11.9 Å². The number of amides is 1. The third-order valence-corrected chi connectivity index (χ3v) is 5.17. The van der Waals surface area contributed by atoms with Gasteiger partial charge in [0.05, 0.1) is 12.5 Å². The highest BCUT2D eigenvalue weighted by atomic mass is 16.5. The number of hydrogen-bond acceptors (Lipinski definition) is 3. The molecule has 25 heavy (non-hydrogen) atoms. The first-order valence-electron chi connectivity index (χ1n) is 10.6. The second-order valence-electron chi connectivity index (χ2n) is 7.40. The van der Waals surface area contributed by atoms with E-state index >= 15 is 0 Å². The van der Waals surface area contributed by atoms with Crippen LogP contribution in [0, 0.1) is 5.92 Å². The van der Waals surface area contributed by atoms with Crippen LogP contribution in [0.5, 0.6) is 0 Å². The Morgan fingerprint density at radius 3 is 2.00 bits per heavy atom. The molecule has 4 nitrogen and oxygen atoms in total. The number of esters is 1. The Morgan fingerprint density at radius 1 is 0.840 bits per heavy atom. The van der Waals surface area contributed by atoms with E-state index in [1.165, 1.54) is 38.5 Å². The fourth-order valence-corrected chi connectivity index (χ4v) is 3.40. The molecule has 1 saturated heterocycles. The van der Waals surface area contributed by atoms with E-state index in [-0.39, 0.29) is 17.8 Å². The van der Waals surface area contributed by atoms with Crippen LogP contribution in [0.4, 0.5) is 0 Å². The maximum Gasteiger partial charge on any atom is 0.309 e. The van der Waals surface area contributed by atoms with Crippen molar-refractivity contribution in [2.75, 3.05) is 19.7 Å². The smallest absolute Gasteiger partial charge is 0.309 e. The van der Waals surface area contributed by atoms with Gasteiger partial charge in [0.15, 0.2) is 0 Å². The zero-order valence-corrected chi connectivity index (χ0v) is 16.6. The van der Waals surface area contributed by atoms with Gasteiger partial charge in [0.2, 0.25) is 5.91 Å². The Hall–Kier alpha value is -1.06. The number of ether oxygens (including phenoxy) is 1. The maximum atomic E-state index is 12.2. The first-order valence-corrected chi connectivity index (χ1v) is 10.6. The zero-order chi connectivity index (χ0) is 18.3. The molecular formula is C21H39NO3. The van der Waals surface area contributed by atoms with Crippen molar-refractivity contribution in [2.24, 2.45) is 5.92 Å². The van der Waals surface area contributed by atoms with Crippen LogP contribution >= 0.6 is 0 Å². The lowest BCUT2D eigenvalue weighted by Gasteiger charge is -2.31. The summed E-state index contributed by atoms with van der Waals surface area (Å²) in [6, 6.07) is 0. The molecule has 1 amide bonds. The molecule has 146 valence electrons. The van der Waals surface area contributed by atoms with Crippen molar-refractivity contribution in [1.29, 1.82) is 0 Å². The van der Waals surface area contributed by atoms with E-state index in [1.807, 2.05) is 4.90 Å². The van der Waals surface area contributed by atoms with E-state index in [9.17, 15) is 9.59 Å². The molecule has 1 heterocycles. The van der Waals surface area contributed by atoms with Crippen LogP contribution in [-0.4, -0.2) is 36.5 Å². The maximum absolute atomic E-state index is 12.2. The lowest BCUT2D eigenvalue weighted by molar-refractivity contribution is -0.151. The monoisotopic (exact) mass is 353 g/mol. The molecule has 1 fully saturated rings. The fourth-order valence-electron chi connectivity index (χ4n) is 3.40. The standard InChI is InChI=1S/C21H39NO3/c1-3-5-7-9-11-13-20(23)22-16-14-19(15-17-22)21(24)25-18-12-10-8-6-4-2/h19H,3-18H2,1-2H3. The van der Waals surface area contributed by atoms with Gasteiger partial charge in [-0.25, -0.2) is 0 Å². The van der Waals surface area contributed by atoms with Crippen LogP contribution in [0.3, 0.4) is 0 Å². The SMILES string of the molecule is CCCCCCCOC(=O)C1CCN(C(=O)CCCCCCC)CC1. The van der Waals surface area contributed by atoms with E-state index in [1.54, 1.807) is 0 Å². The summed E-state index contributed by atoms with van der Waals surface area (Å²) >= 11 is 0. The molecule has 4 heteroatoms. The molecule has 0 aromatic carbocycles. The van der Waals surface area contributed by atoms with Gasteiger partial charge in [-0.05, 0) is 25.7 Å². The Bertz CT molecular complexity index is 362. The number of piperidine rings is 1. The normalized spacial score (nSPS) is 15.4. The van der Waals surface area contributed by atoms with Gasteiger partial charge in [-0.1, -0.05) is 65.2 Å². The van der Waals surface area contributed by atoms with Crippen molar-refractivity contribution in [3.63, 3.8) is 0 Å². The first-order chi connectivity index (χ1) is 12.2. The van der Waals surface area contributed by atoms with Crippen LogP contribution in [-0.2, 0) is 14.3 Å². The molecule has 0 N–H and O–H groups in total. The topological polar surface area (TPSA) is 46.6 Å². The Balaban J connectivity index is 2.09. The Kier molecular flexibility index (Phi) is 12.4. The summed E-state index contributed by atoms with van der Waals surface area (Å²) in [5, 5.41) is 0. The van der Waals surface area contributed by atoms with Crippen molar-refractivity contribution in [3.05, 3.63) is 0 Å². The highest BCUT2D eigenvalue weighted by Gasteiger charge is 2.27. The molecule has 0 bridgehead atoms. The van der Waals surface area contributed by atoms with E-state index in [0.717, 1.165) is 38.5 Å². The van der Waals surface area contributed by atoms with Gasteiger partial charge in [0, 0.05) is 19.5 Å². The molecule has 0 radical (unpaired) electrons. The molecule has 0 atom stereocenters. The average molecular weight is 354 g/mol. The molecule has 1 aliphatic rings. The number of hydrogen-bond donors (Lipinski definition) is 0. The summed E-state index contributed by atoms with van der Waals surface area (Å²) < 4.78 is 5.42. The highest BCUT2D eigenvalue weighted by Crippen LogP contribution is 2.20. The molecule has 1 rings (SSSR count). The summed E-state index contributed by atoms with van der Waals surface area (Å²) in [4.78, 5) is 26.3.